The van der Waals surface area contributed by atoms with Crippen molar-refractivity contribution in [3.63, 3.8) is 0 Å². The summed E-state index contributed by atoms with van der Waals surface area (Å²) in [5.74, 6) is 0.864. The summed E-state index contributed by atoms with van der Waals surface area (Å²) in [5.41, 5.74) is 8.88. The lowest BCUT2D eigenvalue weighted by atomic mass is 9.93. The van der Waals surface area contributed by atoms with Gasteiger partial charge in [-0.25, -0.2) is 0 Å². The van der Waals surface area contributed by atoms with E-state index in [0.29, 0.717) is 0 Å². The molecule has 0 unspecified atom stereocenters. The molecule has 134 valence electrons. The zero-order valence-electron chi connectivity index (χ0n) is 15.2. The number of methoxy groups -OCH3 is 1. The van der Waals surface area contributed by atoms with E-state index in [4.69, 9.17) is 17.0 Å². The van der Waals surface area contributed by atoms with E-state index in [1.54, 1.807) is 7.11 Å². The van der Waals surface area contributed by atoms with Gasteiger partial charge in [0.05, 0.1) is 12.1 Å². The molecule has 0 spiro atoms. The summed E-state index contributed by atoms with van der Waals surface area (Å²) in [4.78, 5) is 7.93. The molecule has 1 aromatic heterocycles. The highest BCUT2D eigenvalue weighted by atomic mass is 32.1. The van der Waals surface area contributed by atoms with Gasteiger partial charge >= 0.3 is 0 Å². The number of aromatic nitrogens is 1. The van der Waals surface area contributed by atoms with E-state index in [9.17, 15) is 0 Å². The topological polar surface area (TPSA) is 25.4 Å². The van der Waals surface area contributed by atoms with E-state index < -0.39 is 0 Å². The molecule has 0 N–H and O–H groups in total. The van der Waals surface area contributed by atoms with Crippen LogP contribution in [-0.2, 0) is 12.8 Å². The molecule has 0 atom stereocenters. The van der Waals surface area contributed by atoms with Crippen molar-refractivity contribution in [2.24, 2.45) is 0 Å². The van der Waals surface area contributed by atoms with Crippen LogP contribution in [0.15, 0.2) is 54.9 Å². The van der Waals surface area contributed by atoms with Crippen molar-refractivity contribution < 1.29 is 4.74 Å². The molecule has 3 heterocycles. The van der Waals surface area contributed by atoms with Crippen molar-refractivity contribution in [3.8, 4) is 28.0 Å². The molecule has 5 rings (SSSR count). The van der Waals surface area contributed by atoms with E-state index >= 15 is 0 Å². The number of nitrogens with zero attached hydrogens (tertiary/aromatic N) is 2. The Kier molecular flexibility index (Phi) is 3.94. The average Bonchev–Trinajstić information content (AvgIpc) is 3.16. The van der Waals surface area contributed by atoms with Crippen molar-refractivity contribution in [2.45, 2.75) is 19.3 Å². The van der Waals surface area contributed by atoms with Gasteiger partial charge in [0, 0.05) is 42.2 Å². The SMILES string of the molecule is COc1ccc(-c2cncc(-c3cc4c5c(c3)CCN5C(=S)CC4)c2)cc1. The summed E-state index contributed by atoms with van der Waals surface area (Å²) in [7, 11) is 1.69. The number of aryl methyl sites for hydroxylation is 1. The molecule has 3 aromatic rings. The van der Waals surface area contributed by atoms with Gasteiger partial charge in [-0.05, 0) is 65.4 Å². The first-order valence-corrected chi connectivity index (χ1v) is 9.70. The molecule has 0 saturated heterocycles. The quantitative estimate of drug-likeness (QED) is 0.600. The third kappa shape index (κ3) is 2.81. The van der Waals surface area contributed by atoms with Crippen LogP contribution in [0.3, 0.4) is 0 Å². The van der Waals surface area contributed by atoms with Gasteiger partial charge in [0.15, 0.2) is 0 Å². The largest absolute Gasteiger partial charge is 0.497 e. The summed E-state index contributed by atoms with van der Waals surface area (Å²) in [6.07, 6.45) is 6.97. The Morgan fingerprint density at radius 1 is 0.852 bits per heavy atom. The summed E-state index contributed by atoms with van der Waals surface area (Å²) >= 11 is 5.56. The highest BCUT2D eigenvalue weighted by molar-refractivity contribution is 7.80. The van der Waals surface area contributed by atoms with E-state index in [1.807, 2.05) is 24.5 Å². The van der Waals surface area contributed by atoms with Gasteiger partial charge in [0.25, 0.3) is 0 Å². The molecule has 2 aliphatic heterocycles. The van der Waals surface area contributed by atoms with Gasteiger partial charge in [-0.15, -0.1) is 0 Å². The van der Waals surface area contributed by atoms with Gasteiger partial charge in [-0.1, -0.05) is 24.4 Å². The summed E-state index contributed by atoms with van der Waals surface area (Å²) < 4.78 is 5.26. The second-order valence-electron chi connectivity index (χ2n) is 7.13. The monoisotopic (exact) mass is 372 g/mol. The van der Waals surface area contributed by atoms with Crippen LogP contribution in [0, 0.1) is 0 Å². The Bertz CT molecular complexity index is 1040. The first-order valence-electron chi connectivity index (χ1n) is 9.29. The number of benzene rings is 2. The molecular formula is C23H20N2OS. The van der Waals surface area contributed by atoms with Crippen LogP contribution < -0.4 is 9.64 Å². The van der Waals surface area contributed by atoms with Gasteiger partial charge in [-0.2, -0.15) is 0 Å². The number of rotatable bonds is 3. The van der Waals surface area contributed by atoms with Crippen molar-refractivity contribution in [3.05, 3.63) is 66.0 Å². The standard InChI is InChI=1S/C23H20N2OS/c1-26-21-5-2-15(3-6-21)19-12-20(14-24-13-19)18-10-16-4-7-22(27)25-9-8-17(11-18)23(16)25/h2-3,5-6,10-14H,4,7-9H2,1H3. The van der Waals surface area contributed by atoms with Crippen molar-refractivity contribution in [2.75, 3.05) is 18.6 Å². The van der Waals surface area contributed by atoms with Crippen LogP contribution in [0.1, 0.15) is 17.5 Å². The zero-order chi connectivity index (χ0) is 18.4. The average molecular weight is 372 g/mol. The molecular weight excluding hydrogens is 352 g/mol. The second-order valence-corrected chi connectivity index (χ2v) is 7.60. The zero-order valence-corrected chi connectivity index (χ0v) is 16.1. The molecule has 0 radical (unpaired) electrons. The van der Waals surface area contributed by atoms with Crippen LogP contribution in [0.25, 0.3) is 22.3 Å². The highest BCUT2D eigenvalue weighted by Gasteiger charge is 2.29. The lowest BCUT2D eigenvalue weighted by Gasteiger charge is -2.28. The maximum Gasteiger partial charge on any atom is 0.118 e. The normalized spacial score (nSPS) is 15.0. The smallest absolute Gasteiger partial charge is 0.118 e. The van der Waals surface area contributed by atoms with E-state index in [0.717, 1.165) is 53.2 Å². The maximum absolute atomic E-state index is 5.56. The Morgan fingerprint density at radius 3 is 2.30 bits per heavy atom. The highest BCUT2D eigenvalue weighted by Crippen LogP contribution is 2.40. The summed E-state index contributed by atoms with van der Waals surface area (Å²) in [5, 5.41) is 0. The molecule has 27 heavy (non-hydrogen) atoms. The van der Waals surface area contributed by atoms with Crippen LogP contribution in [0.5, 0.6) is 5.75 Å². The molecule has 0 saturated carbocycles. The third-order valence-corrected chi connectivity index (χ3v) is 5.97. The number of hydrogen-bond acceptors (Lipinski definition) is 3. The first-order chi connectivity index (χ1) is 13.2. The fourth-order valence-electron chi connectivity index (χ4n) is 4.16. The molecule has 3 nitrogen and oxygen atoms in total. The Balaban J connectivity index is 1.55. The fourth-order valence-corrected chi connectivity index (χ4v) is 4.45. The number of hydrogen-bond donors (Lipinski definition) is 0. The molecule has 2 aromatic carbocycles. The van der Waals surface area contributed by atoms with Crippen LogP contribution >= 0.6 is 12.2 Å². The third-order valence-electron chi connectivity index (χ3n) is 5.55. The molecule has 2 aliphatic rings. The van der Waals surface area contributed by atoms with Crippen LogP contribution in [0.4, 0.5) is 5.69 Å². The Hall–Kier alpha value is -2.72. The fraction of sp³-hybridized carbons (Fsp3) is 0.217. The molecule has 0 aliphatic carbocycles. The number of ether oxygens (including phenoxy) is 1. The predicted molar refractivity (Wildman–Crippen MR) is 114 cm³/mol. The molecule has 4 heteroatoms. The second kappa shape index (κ2) is 6.46. The predicted octanol–water partition coefficient (Wildman–Crippen LogP) is 5.06. The summed E-state index contributed by atoms with van der Waals surface area (Å²) in [6.45, 7) is 1.02. The molecule has 0 fully saturated rings. The molecule has 0 amide bonds. The van der Waals surface area contributed by atoms with E-state index in [-0.39, 0.29) is 0 Å². The molecule has 0 bridgehead atoms. The number of anilines is 1. The lowest BCUT2D eigenvalue weighted by Crippen LogP contribution is -2.31. The lowest BCUT2D eigenvalue weighted by molar-refractivity contribution is 0.415. The minimum atomic E-state index is 0.864. The minimum Gasteiger partial charge on any atom is -0.497 e. The van der Waals surface area contributed by atoms with Gasteiger partial charge in [0.1, 0.15) is 5.75 Å². The first kappa shape index (κ1) is 16.5. The van der Waals surface area contributed by atoms with Gasteiger partial charge in [0.2, 0.25) is 0 Å². The van der Waals surface area contributed by atoms with E-state index in [2.05, 4.69) is 40.2 Å². The summed E-state index contributed by atoms with van der Waals surface area (Å²) in [6, 6.07) is 15.0. The van der Waals surface area contributed by atoms with Crippen LogP contribution in [-0.4, -0.2) is 23.6 Å². The van der Waals surface area contributed by atoms with Crippen molar-refractivity contribution in [1.82, 2.24) is 4.98 Å². The minimum absolute atomic E-state index is 0.864. The Labute approximate surface area is 164 Å². The number of thiocarbonyl (C=S) groups is 1. The van der Waals surface area contributed by atoms with Crippen molar-refractivity contribution >= 4 is 22.9 Å². The number of pyridine rings is 1. The van der Waals surface area contributed by atoms with E-state index in [1.165, 1.54) is 22.4 Å². The Morgan fingerprint density at radius 2 is 1.56 bits per heavy atom. The maximum atomic E-state index is 5.56. The van der Waals surface area contributed by atoms with Crippen LogP contribution in [0.2, 0.25) is 0 Å². The van der Waals surface area contributed by atoms with Crippen molar-refractivity contribution in [1.29, 1.82) is 0 Å². The van der Waals surface area contributed by atoms with Gasteiger partial charge < -0.3 is 9.64 Å². The van der Waals surface area contributed by atoms with Gasteiger partial charge in [-0.3, -0.25) is 4.98 Å².